The third-order valence-corrected chi connectivity index (χ3v) is 5.15. The highest BCUT2D eigenvalue weighted by Gasteiger charge is 2.25. The molecule has 1 N–H and O–H groups in total. The summed E-state index contributed by atoms with van der Waals surface area (Å²) >= 11 is 15.7. The molecule has 0 fully saturated rings. The summed E-state index contributed by atoms with van der Waals surface area (Å²) in [5.74, 6) is 0.635. The van der Waals surface area contributed by atoms with Crippen molar-refractivity contribution in [3.8, 4) is 22.5 Å². The van der Waals surface area contributed by atoms with Crippen molar-refractivity contribution < 1.29 is 8.98 Å². The zero-order chi connectivity index (χ0) is 20.3. The Morgan fingerprint density at radius 3 is 2.14 bits per heavy atom. The number of amides is 1. The topological polar surface area (TPSA) is 58.2 Å². The van der Waals surface area contributed by atoms with Crippen LogP contribution in [0.2, 0.25) is 10.0 Å². The van der Waals surface area contributed by atoms with Gasteiger partial charge in [0.15, 0.2) is 0 Å². The molecule has 0 aliphatic heterocycles. The minimum Gasteiger partial charge on any atom is -0.378 e. The number of halogens is 2. The fourth-order valence-electron chi connectivity index (χ4n) is 2.99. The first-order chi connectivity index (χ1) is 13.4. The summed E-state index contributed by atoms with van der Waals surface area (Å²) in [6.07, 6.45) is -0.532. The van der Waals surface area contributed by atoms with Crippen LogP contribution in [0.3, 0.4) is 0 Å². The first-order valence-corrected chi connectivity index (χ1v) is 9.80. The molecule has 146 valence electrons. The molecule has 3 rings (SSSR count). The van der Waals surface area contributed by atoms with E-state index in [1.54, 1.807) is 0 Å². The summed E-state index contributed by atoms with van der Waals surface area (Å²) in [5, 5.41) is 1.30. The van der Waals surface area contributed by atoms with E-state index in [4.69, 9.17) is 28.2 Å². The first kappa shape index (κ1) is 20.6. The number of hydrogen-bond acceptors (Lipinski definition) is 4. The van der Waals surface area contributed by atoms with Gasteiger partial charge in [0.2, 0.25) is 0 Å². The minimum atomic E-state index is -0.532. The lowest BCUT2D eigenvalue weighted by atomic mass is 10.1. The standard InChI is InChI=1S/C20H19Cl2N3O2S/c1-3-25(20(26)27-28)12(2)19-23-17(13-4-8-15(21)9-5-13)18(24-19)14-6-10-16(22)11-7-14/h4-12,28H,3H2,1-2H3,(H,23,24). The van der Waals surface area contributed by atoms with E-state index in [0.717, 1.165) is 22.5 Å². The van der Waals surface area contributed by atoms with Crippen LogP contribution >= 0.6 is 36.1 Å². The van der Waals surface area contributed by atoms with Crippen LogP contribution < -0.4 is 0 Å². The average molecular weight is 436 g/mol. The van der Waals surface area contributed by atoms with Crippen LogP contribution in [0.4, 0.5) is 4.79 Å². The molecule has 2 aromatic carbocycles. The number of aromatic amines is 1. The van der Waals surface area contributed by atoms with Gasteiger partial charge in [0.25, 0.3) is 0 Å². The average Bonchev–Trinajstić information content (AvgIpc) is 3.14. The number of thiol groups is 1. The number of rotatable bonds is 5. The Labute approximate surface area is 179 Å². The molecule has 1 heterocycles. The van der Waals surface area contributed by atoms with Crippen molar-refractivity contribution in [1.82, 2.24) is 14.9 Å². The molecule has 0 bridgehead atoms. The molecule has 5 nitrogen and oxygen atoms in total. The molecule has 8 heteroatoms. The van der Waals surface area contributed by atoms with Crippen LogP contribution in [0, 0.1) is 0 Å². The van der Waals surface area contributed by atoms with Crippen LogP contribution in [0.1, 0.15) is 25.7 Å². The highest BCUT2D eigenvalue weighted by Crippen LogP contribution is 2.34. The number of benzene rings is 2. The van der Waals surface area contributed by atoms with Crippen molar-refractivity contribution in [1.29, 1.82) is 0 Å². The highest BCUT2D eigenvalue weighted by molar-refractivity contribution is 7.75. The third-order valence-electron chi connectivity index (χ3n) is 4.49. The summed E-state index contributed by atoms with van der Waals surface area (Å²) in [7, 11) is 0. The summed E-state index contributed by atoms with van der Waals surface area (Å²) in [6.45, 7) is 4.20. The second-order valence-electron chi connectivity index (χ2n) is 6.18. The molecular formula is C20H19Cl2N3O2S. The van der Waals surface area contributed by atoms with Crippen molar-refractivity contribution in [2.24, 2.45) is 0 Å². The van der Waals surface area contributed by atoms with Gasteiger partial charge in [-0.25, -0.2) is 9.78 Å². The van der Waals surface area contributed by atoms with Gasteiger partial charge < -0.3 is 9.17 Å². The van der Waals surface area contributed by atoms with Gasteiger partial charge >= 0.3 is 6.09 Å². The Hall–Kier alpha value is -2.15. The van der Waals surface area contributed by atoms with Crippen LogP contribution in [-0.2, 0) is 4.18 Å². The predicted molar refractivity (Wildman–Crippen MR) is 116 cm³/mol. The summed E-state index contributed by atoms with van der Waals surface area (Å²) < 4.78 is 4.59. The quantitative estimate of drug-likeness (QED) is 0.359. The van der Waals surface area contributed by atoms with Gasteiger partial charge in [-0.15, -0.1) is 0 Å². The number of nitrogens with one attached hydrogen (secondary N) is 1. The maximum atomic E-state index is 12.0. The van der Waals surface area contributed by atoms with Gasteiger partial charge in [-0.05, 0) is 38.1 Å². The van der Waals surface area contributed by atoms with Gasteiger partial charge in [0.1, 0.15) is 5.82 Å². The van der Waals surface area contributed by atoms with E-state index >= 15 is 0 Å². The third kappa shape index (κ3) is 4.29. The van der Waals surface area contributed by atoms with E-state index in [2.05, 4.69) is 22.1 Å². The lowest BCUT2D eigenvalue weighted by Crippen LogP contribution is -2.33. The van der Waals surface area contributed by atoms with Crippen molar-refractivity contribution in [2.75, 3.05) is 6.54 Å². The second-order valence-corrected chi connectivity index (χ2v) is 7.23. The Morgan fingerprint density at radius 1 is 1.11 bits per heavy atom. The molecule has 0 aliphatic carbocycles. The summed E-state index contributed by atoms with van der Waals surface area (Å²) in [4.78, 5) is 21.7. The zero-order valence-corrected chi connectivity index (χ0v) is 17.7. The molecule has 1 amide bonds. The Morgan fingerprint density at radius 2 is 1.64 bits per heavy atom. The molecule has 1 unspecified atom stereocenters. The normalized spacial score (nSPS) is 11.9. The maximum absolute atomic E-state index is 12.0. The molecule has 0 spiro atoms. The molecule has 3 aromatic rings. The lowest BCUT2D eigenvalue weighted by Gasteiger charge is -2.24. The number of hydrogen-bond donors (Lipinski definition) is 2. The molecule has 0 saturated carbocycles. The largest absolute Gasteiger partial charge is 0.422 e. The van der Waals surface area contributed by atoms with Crippen molar-refractivity contribution in [2.45, 2.75) is 19.9 Å². The van der Waals surface area contributed by atoms with E-state index in [1.807, 2.05) is 62.4 Å². The van der Waals surface area contributed by atoms with Crippen LogP contribution in [0.5, 0.6) is 0 Å². The number of H-pyrrole nitrogens is 1. The Kier molecular flexibility index (Phi) is 6.54. The fraction of sp³-hybridized carbons (Fsp3) is 0.200. The fourth-order valence-corrected chi connectivity index (χ4v) is 3.35. The molecule has 0 saturated heterocycles. The minimum absolute atomic E-state index is 0.336. The number of imidazole rings is 1. The molecular weight excluding hydrogens is 417 g/mol. The number of carbonyl (C=O) groups is 1. The predicted octanol–water partition coefficient (Wildman–Crippen LogP) is 6.41. The summed E-state index contributed by atoms with van der Waals surface area (Å²) in [5.41, 5.74) is 3.43. The Balaban J connectivity index is 2.10. The summed E-state index contributed by atoms with van der Waals surface area (Å²) in [6, 6.07) is 14.6. The lowest BCUT2D eigenvalue weighted by molar-refractivity contribution is 0.144. The molecule has 1 aromatic heterocycles. The van der Waals surface area contributed by atoms with E-state index in [-0.39, 0.29) is 6.04 Å². The van der Waals surface area contributed by atoms with Gasteiger partial charge in [-0.3, -0.25) is 4.90 Å². The van der Waals surface area contributed by atoms with Gasteiger partial charge in [0.05, 0.1) is 17.4 Å². The van der Waals surface area contributed by atoms with Gasteiger partial charge in [-0.1, -0.05) is 47.5 Å². The number of aromatic nitrogens is 2. The van der Waals surface area contributed by atoms with E-state index < -0.39 is 6.09 Å². The Bertz CT molecular complexity index is 896. The smallest absolute Gasteiger partial charge is 0.378 e. The number of nitrogens with zero attached hydrogens (tertiary/aromatic N) is 2. The van der Waals surface area contributed by atoms with Gasteiger partial charge in [0, 0.05) is 40.6 Å². The van der Waals surface area contributed by atoms with Crippen molar-refractivity contribution in [3.63, 3.8) is 0 Å². The molecule has 0 radical (unpaired) electrons. The van der Waals surface area contributed by atoms with E-state index in [1.165, 1.54) is 4.90 Å². The van der Waals surface area contributed by atoms with E-state index in [9.17, 15) is 4.79 Å². The molecule has 28 heavy (non-hydrogen) atoms. The SMILES string of the molecule is CCN(C(=O)OS)C(C)c1nc(-c2ccc(Cl)cc2)c(-c2ccc(Cl)cc2)[nH]1. The zero-order valence-electron chi connectivity index (χ0n) is 15.3. The van der Waals surface area contributed by atoms with E-state index in [0.29, 0.717) is 22.4 Å². The van der Waals surface area contributed by atoms with Gasteiger partial charge in [-0.2, -0.15) is 0 Å². The maximum Gasteiger partial charge on any atom is 0.422 e. The second kappa shape index (κ2) is 8.90. The molecule has 0 aliphatic rings. The molecule has 1 atom stereocenters. The van der Waals surface area contributed by atoms with Crippen molar-refractivity contribution >= 4 is 42.2 Å². The van der Waals surface area contributed by atoms with Crippen molar-refractivity contribution in [3.05, 3.63) is 64.4 Å². The number of carbonyl (C=O) groups excluding carboxylic acids is 1. The van der Waals surface area contributed by atoms with Crippen LogP contribution in [0.25, 0.3) is 22.5 Å². The highest BCUT2D eigenvalue weighted by atomic mass is 35.5. The first-order valence-electron chi connectivity index (χ1n) is 8.68. The monoisotopic (exact) mass is 435 g/mol. The van der Waals surface area contributed by atoms with Crippen LogP contribution in [0.15, 0.2) is 48.5 Å². The van der Waals surface area contributed by atoms with Crippen LogP contribution in [-0.4, -0.2) is 27.5 Å².